The standard InChI is InChI=1S/C28H38N8O2/c1-18-12-19-6-7-20(22-15-30-36(17-22)25(26(37)38)28(2,3)4)13-21(19)16-35(18)24-14-23(31-27(29)32-24)34-10-8-33(5)9-11-34/h6-7,13-15,17-18,25H,8-12,16H2,1-5H3,(H,37,38)(H2,29,31,32). The van der Waals surface area contributed by atoms with E-state index in [0.717, 1.165) is 55.4 Å². The maximum atomic E-state index is 12.0. The number of fused-ring (bicyclic) bond motifs is 1. The topological polar surface area (TPSA) is 117 Å². The Kier molecular flexibility index (Phi) is 6.77. The number of carboxylic acid groups (broad SMARTS) is 1. The highest BCUT2D eigenvalue weighted by atomic mass is 16.4. The van der Waals surface area contributed by atoms with Gasteiger partial charge in [0.05, 0.1) is 6.20 Å². The lowest BCUT2D eigenvalue weighted by Crippen LogP contribution is -2.45. The highest BCUT2D eigenvalue weighted by Crippen LogP contribution is 2.34. The summed E-state index contributed by atoms with van der Waals surface area (Å²) in [5.41, 5.74) is 10.2. The van der Waals surface area contributed by atoms with Crippen molar-refractivity contribution < 1.29 is 9.90 Å². The van der Waals surface area contributed by atoms with Crippen LogP contribution in [0.5, 0.6) is 0 Å². The largest absolute Gasteiger partial charge is 0.480 e. The van der Waals surface area contributed by atoms with Crippen LogP contribution in [-0.4, -0.2) is 75.0 Å². The molecule has 2 atom stereocenters. The highest BCUT2D eigenvalue weighted by Gasteiger charge is 2.34. The molecule has 2 unspecified atom stereocenters. The van der Waals surface area contributed by atoms with Crippen LogP contribution in [0.1, 0.15) is 44.9 Å². The Morgan fingerprint density at radius 1 is 1.05 bits per heavy atom. The van der Waals surface area contributed by atoms with Crippen LogP contribution in [0.25, 0.3) is 11.1 Å². The molecule has 5 rings (SSSR count). The molecule has 10 heteroatoms. The predicted octanol–water partition coefficient (Wildman–Crippen LogP) is 3.30. The summed E-state index contributed by atoms with van der Waals surface area (Å²) in [5, 5.41) is 14.2. The van der Waals surface area contributed by atoms with E-state index in [9.17, 15) is 9.90 Å². The average molecular weight is 519 g/mol. The van der Waals surface area contributed by atoms with Gasteiger partial charge in [0.15, 0.2) is 6.04 Å². The van der Waals surface area contributed by atoms with E-state index in [-0.39, 0.29) is 6.04 Å². The Morgan fingerprint density at radius 2 is 1.76 bits per heavy atom. The SMILES string of the molecule is CC1Cc2ccc(-c3cnn(C(C(=O)O)C(C)(C)C)c3)cc2CN1c1cc(N2CCN(C)CC2)nc(N)n1. The van der Waals surface area contributed by atoms with Crippen LogP contribution in [0.4, 0.5) is 17.6 Å². The van der Waals surface area contributed by atoms with Crippen molar-refractivity contribution in [3.8, 4) is 11.1 Å². The van der Waals surface area contributed by atoms with Crippen LogP contribution in [0.2, 0.25) is 0 Å². The molecule has 0 radical (unpaired) electrons. The number of nitrogens with zero attached hydrogens (tertiary/aromatic N) is 7. The molecule has 2 aliphatic rings. The van der Waals surface area contributed by atoms with E-state index in [4.69, 9.17) is 5.73 Å². The molecule has 1 aromatic carbocycles. The molecular formula is C28H38N8O2. The molecule has 4 heterocycles. The Hall–Kier alpha value is -3.66. The van der Waals surface area contributed by atoms with Gasteiger partial charge in [0.25, 0.3) is 0 Å². The van der Waals surface area contributed by atoms with Crippen LogP contribution >= 0.6 is 0 Å². The molecule has 0 aliphatic carbocycles. The average Bonchev–Trinajstić information content (AvgIpc) is 3.31. The normalized spacial score (nSPS) is 19.3. The number of carbonyl (C=O) groups is 1. The fourth-order valence-corrected chi connectivity index (χ4v) is 5.52. The van der Waals surface area contributed by atoms with Crippen LogP contribution in [0, 0.1) is 5.41 Å². The summed E-state index contributed by atoms with van der Waals surface area (Å²) in [6.07, 6.45) is 4.48. The van der Waals surface area contributed by atoms with Crippen LogP contribution in [-0.2, 0) is 17.8 Å². The predicted molar refractivity (Wildman–Crippen MR) is 149 cm³/mol. The first-order chi connectivity index (χ1) is 18.0. The number of nitrogens with two attached hydrogens (primary N) is 1. The fraction of sp³-hybridized carbons (Fsp3) is 0.500. The van der Waals surface area contributed by atoms with E-state index in [1.165, 1.54) is 11.1 Å². The van der Waals surface area contributed by atoms with Gasteiger partial charge < -0.3 is 25.5 Å². The summed E-state index contributed by atoms with van der Waals surface area (Å²) in [7, 11) is 2.14. The van der Waals surface area contributed by atoms with Crippen molar-refractivity contribution in [3.05, 3.63) is 47.8 Å². The zero-order valence-corrected chi connectivity index (χ0v) is 22.9. The summed E-state index contributed by atoms with van der Waals surface area (Å²) < 4.78 is 1.56. The van der Waals surface area contributed by atoms with Gasteiger partial charge >= 0.3 is 5.97 Å². The second-order valence-electron chi connectivity index (χ2n) is 11.7. The highest BCUT2D eigenvalue weighted by molar-refractivity contribution is 5.73. The minimum absolute atomic E-state index is 0.258. The minimum atomic E-state index is -0.887. The van der Waals surface area contributed by atoms with Gasteiger partial charge in [0.2, 0.25) is 5.95 Å². The smallest absolute Gasteiger partial charge is 0.329 e. The van der Waals surface area contributed by atoms with Crippen molar-refractivity contribution in [3.63, 3.8) is 0 Å². The zero-order chi connectivity index (χ0) is 27.2. The second kappa shape index (κ2) is 9.90. The molecule has 0 saturated carbocycles. The third kappa shape index (κ3) is 5.18. The van der Waals surface area contributed by atoms with E-state index < -0.39 is 17.4 Å². The molecule has 0 bridgehead atoms. The Balaban J connectivity index is 1.41. The lowest BCUT2D eigenvalue weighted by atomic mass is 9.87. The van der Waals surface area contributed by atoms with Crippen molar-refractivity contribution in [1.82, 2.24) is 24.6 Å². The number of hydrogen-bond donors (Lipinski definition) is 2. The molecule has 3 aromatic rings. The molecule has 2 aromatic heterocycles. The number of hydrogen-bond acceptors (Lipinski definition) is 8. The fourth-order valence-electron chi connectivity index (χ4n) is 5.52. The van der Waals surface area contributed by atoms with Crippen molar-refractivity contribution in [2.45, 2.75) is 52.7 Å². The number of anilines is 3. The van der Waals surface area contributed by atoms with Crippen LogP contribution < -0.4 is 15.5 Å². The lowest BCUT2D eigenvalue weighted by molar-refractivity contribution is -0.144. The van der Waals surface area contributed by atoms with Gasteiger partial charge in [-0.25, -0.2) is 4.79 Å². The maximum absolute atomic E-state index is 12.0. The first kappa shape index (κ1) is 26.0. The van der Waals surface area contributed by atoms with E-state index in [1.807, 2.05) is 27.0 Å². The van der Waals surface area contributed by atoms with E-state index in [1.54, 1.807) is 10.9 Å². The van der Waals surface area contributed by atoms with E-state index in [2.05, 4.69) is 68.0 Å². The van der Waals surface area contributed by atoms with Gasteiger partial charge in [-0.15, -0.1) is 0 Å². The molecular weight excluding hydrogens is 480 g/mol. The minimum Gasteiger partial charge on any atom is -0.480 e. The van der Waals surface area contributed by atoms with Gasteiger partial charge in [0.1, 0.15) is 11.6 Å². The number of aromatic nitrogens is 4. The number of nitrogen functional groups attached to an aromatic ring is 1. The molecule has 1 saturated heterocycles. The number of benzene rings is 1. The third-order valence-corrected chi connectivity index (χ3v) is 7.69. The number of likely N-dealkylation sites (N-methyl/N-ethyl adjacent to an activating group) is 1. The molecule has 0 amide bonds. The first-order valence-electron chi connectivity index (χ1n) is 13.2. The number of piperazine rings is 1. The maximum Gasteiger partial charge on any atom is 0.329 e. The van der Waals surface area contributed by atoms with Gasteiger partial charge in [-0.1, -0.05) is 32.9 Å². The second-order valence-corrected chi connectivity index (χ2v) is 11.7. The Bertz CT molecular complexity index is 1320. The third-order valence-electron chi connectivity index (χ3n) is 7.69. The van der Waals surface area contributed by atoms with Crippen molar-refractivity contribution in [2.24, 2.45) is 5.41 Å². The molecule has 0 spiro atoms. The quantitative estimate of drug-likeness (QED) is 0.525. The van der Waals surface area contributed by atoms with Gasteiger partial charge in [-0.3, -0.25) is 4.68 Å². The van der Waals surface area contributed by atoms with Crippen LogP contribution in [0.3, 0.4) is 0 Å². The van der Waals surface area contributed by atoms with E-state index >= 15 is 0 Å². The van der Waals surface area contributed by atoms with Crippen molar-refractivity contribution in [2.75, 3.05) is 48.8 Å². The first-order valence-corrected chi connectivity index (χ1v) is 13.2. The Labute approximate surface area is 224 Å². The van der Waals surface area contributed by atoms with Gasteiger partial charge in [-0.2, -0.15) is 15.1 Å². The summed E-state index contributed by atoms with van der Waals surface area (Å²) >= 11 is 0. The monoisotopic (exact) mass is 518 g/mol. The molecule has 38 heavy (non-hydrogen) atoms. The molecule has 3 N–H and O–H groups in total. The number of rotatable bonds is 5. The summed E-state index contributed by atoms with van der Waals surface area (Å²) in [5.74, 6) is 1.13. The van der Waals surface area contributed by atoms with E-state index in [0.29, 0.717) is 12.5 Å². The molecule has 10 nitrogen and oxygen atoms in total. The van der Waals surface area contributed by atoms with Crippen molar-refractivity contribution in [1.29, 1.82) is 0 Å². The summed E-state index contributed by atoms with van der Waals surface area (Å²) in [4.78, 5) is 28.0. The van der Waals surface area contributed by atoms with Gasteiger partial charge in [0, 0.05) is 56.6 Å². The summed E-state index contributed by atoms with van der Waals surface area (Å²) in [6, 6.07) is 8.04. The summed E-state index contributed by atoms with van der Waals surface area (Å²) in [6.45, 7) is 12.5. The zero-order valence-electron chi connectivity index (χ0n) is 22.9. The van der Waals surface area contributed by atoms with Crippen molar-refractivity contribution >= 4 is 23.6 Å². The Morgan fingerprint density at radius 3 is 2.45 bits per heavy atom. The molecule has 1 fully saturated rings. The molecule has 2 aliphatic heterocycles. The molecule has 202 valence electrons. The van der Waals surface area contributed by atoms with Crippen LogP contribution in [0.15, 0.2) is 36.7 Å². The van der Waals surface area contributed by atoms with Gasteiger partial charge in [-0.05, 0) is 48.6 Å². The lowest BCUT2D eigenvalue weighted by Gasteiger charge is -2.37. The number of aliphatic carboxylic acids is 1. The number of carboxylic acids is 1.